The average molecular weight is 288 g/mol. The van der Waals surface area contributed by atoms with Crippen LogP contribution in [0.15, 0.2) is 24.4 Å². The normalized spacial score (nSPS) is 9.80. The molecular formula is C12H8N4O3S. The van der Waals surface area contributed by atoms with Gasteiger partial charge in [0.1, 0.15) is 6.20 Å². The van der Waals surface area contributed by atoms with Crippen molar-refractivity contribution in [3.8, 4) is 6.07 Å². The lowest BCUT2D eigenvalue weighted by Crippen LogP contribution is -2.13. The summed E-state index contributed by atoms with van der Waals surface area (Å²) in [7, 11) is 0. The molecule has 0 saturated carbocycles. The van der Waals surface area contributed by atoms with Gasteiger partial charge < -0.3 is 0 Å². The molecule has 0 spiro atoms. The molecule has 0 fully saturated rings. The molecule has 2 aromatic rings. The van der Waals surface area contributed by atoms with Gasteiger partial charge in [0.05, 0.1) is 16.6 Å². The third kappa shape index (κ3) is 2.62. The molecule has 1 amide bonds. The van der Waals surface area contributed by atoms with Crippen LogP contribution in [-0.2, 0) is 0 Å². The lowest BCUT2D eigenvalue weighted by atomic mass is 10.0. The predicted molar refractivity (Wildman–Crippen MR) is 72.6 cm³/mol. The quantitative estimate of drug-likeness (QED) is 0.689. The number of hydrogen-bond acceptors (Lipinski definition) is 6. The maximum absolute atomic E-state index is 12.1. The molecule has 0 atom stereocenters. The van der Waals surface area contributed by atoms with Gasteiger partial charge in [-0.05, 0) is 36.0 Å². The second kappa shape index (κ2) is 5.46. The highest BCUT2D eigenvalue weighted by molar-refractivity contribution is 7.18. The first-order chi connectivity index (χ1) is 9.52. The molecule has 0 aliphatic carbocycles. The van der Waals surface area contributed by atoms with E-state index in [1.54, 1.807) is 25.1 Å². The highest BCUT2D eigenvalue weighted by Gasteiger charge is 2.16. The summed E-state index contributed by atoms with van der Waals surface area (Å²) in [6.45, 7) is 1.66. The second-order valence-electron chi connectivity index (χ2n) is 3.80. The molecule has 7 nitrogen and oxygen atoms in total. The smallest absolute Gasteiger partial charge is 0.298 e. The number of amides is 1. The number of carbonyl (C=O) groups excluding carboxylic acids is 1. The van der Waals surface area contributed by atoms with E-state index in [9.17, 15) is 14.9 Å². The lowest BCUT2D eigenvalue weighted by Gasteiger charge is -2.06. The summed E-state index contributed by atoms with van der Waals surface area (Å²) in [6, 6.07) is 6.78. The molecule has 1 N–H and O–H groups in total. The number of aromatic nitrogens is 1. The number of nitrogens with zero attached hydrogens (tertiary/aromatic N) is 3. The van der Waals surface area contributed by atoms with Gasteiger partial charge in [-0.25, -0.2) is 4.98 Å². The Hall–Kier alpha value is -2.79. The van der Waals surface area contributed by atoms with Crippen LogP contribution in [0.25, 0.3) is 0 Å². The first-order valence-corrected chi connectivity index (χ1v) is 6.26. The summed E-state index contributed by atoms with van der Waals surface area (Å²) in [5, 5.41) is 21.9. The van der Waals surface area contributed by atoms with Crippen LogP contribution in [0.1, 0.15) is 21.5 Å². The van der Waals surface area contributed by atoms with E-state index in [1.165, 1.54) is 0 Å². The zero-order chi connectivity index (χ0) is 14.7. The van der Waals surface area contributed by atoms with E-state index in [4.69, 9.17) is 5.26 Å². The molecule has 1 heterocycles. The Bertz CT molecular complexity index is 733. The Kier molecular flexibility index (Phi) is 3.72. The van der Waals surface area contributed by atoms with Gasteiger partial charge in [-0.2, -0.15) is 5.26 Å². The third-order valence-electron chi connectivity index (χ3n) is 2.59. The van der Waals surface area contributed by atoms with Gasteiger partial charge in [-0.1, -0.05) is 6.07 Å². The van der Waals surface area contributed by atoms with Crippen molar-refractivity contribution < 1.29 is 9.72 Å². The Morgan fingerprint density at radius 2 is 2.30 bits per heavy atom. The molecule has 1 aromatic heterocycles. The van der Waals surface area contributed by atoms with Crippen LogP contribution in [0.3, 0.4) is 0 Å². The van der Waals surface area contributed by atoms with Crippen molar-refractivity contribution in [1.29, 1.82) is 5.26 Å². The van der Waals surface area contributed by atoms with E-state index >= 15 is 0 Å². The molecule has 0 saturated heterocycles. The van der Waals surface area contributed by atoms with Gasteiger partial charge in [0.2, 0.25) is 0 Å². The Balaban J connectivity index is 2.24. The molecule has 0 unspecified atom stereocenters. The summed E-state index contributed by atoms with van der Waals surface area (Å²) in [6.07, 6.45) is 1.08. The Labute approximate surface area is 117 Å². The average Bonchev–Trinajstić information content (AvgIpc) is 2.87. The van der Waals surface area contributed by atoms with E-state index in [0.29, 0.717) is 16.7 Å². The fourth-order valence-corrected chi connectivity index (χ4v) is 2.20. The first kappa shape index (κ1) is 13.6. The minimum atomic E-state index is -0.575. The molecule has 0 aliphatic heterocycles. The summed E-state index contributed by atoms with van der Waals surface area (Å²) in [5.41, 5.74) is 1.29. The molecule has 0 radical (unpaired) electrons. The number of nitrogens with one attached hydrogen (secondary N) is 1. The largest absolute Gasteiger partial charge is 0.345 e. The van der Waals surface area contributed by atoms with E-state index in [0.717, 1.165) is 17.5 Å². The number of thiazole rings is 1. The molecule has 100 valence electrons. The summed E-state index contributed by atoms with van der Waals surface area (Å²) in [4.78, 5) is 25.8. The number of benzene rings is 1. The number of anilines is 1. The Morgan fingerprint density at radius 3 is 2.90 bits per heavy atom. The third-order valence-corrected chi connectivity index (χ3v) is 3.46. The van der Waals surface area contributed by atoms with Gasteiger partial charge >= 0.3 is 5.00 Å². The van der Waals surface area contributed by atoms with Crippen molar-refractivity contribution in [2.24, 2.45) is 0 Å². The molecule has 2 rings (SSSR count). The van der Waals surface area contributed by atoms with Crippen molar-refractivity contribution in [2.75, 3.05) is 5.32 Å². The van der Waals surface area contributed by atoms with Crippen LogP contribution in [0.5, 0.6) is 0 Å². The monoisotopic (exact) mass is 288 g/mol. The zero-order valence-electron chi connectivity index (χ0n) is 10.3. The highest BCUT2D eigenvalue weighted by Crippen LogP contribution is 2.25. The minimum Gasteiger partial charge on any atom is -0.298 e. The molecular weight excluding hydrogens is 280 g/mol. The molecule has 1 aromatic carbocycles. The van der Waals surface area contributed by atoms with Gasteiger partial charge in [-0.15, -0.1) is 0 Å². The van der Waals surface area contributed by atoms with Crippen LogP contribution in [-0.4, -0.2) is 15.8 Å². The van der Waals surface area contributed by atoms with E-state index < -0.39 is 10.8 Å². The fourth-order valence-electron chi connectivity index (χ4n) is 1.58. The first-order valence-electron chi connectivity index (χ1n) is 5.44. The zero-order valence-corrected chi connectivity index (χ0v) is 11.1. The van der Waals surface area contributed by atoms with Crippen LogP contribution in [0.4, 0.5) is 10.1 Å². The predicted octanol–water partition coefficient (Wildman–Crippen LogP) is 2.48. The molecule has 8 heteroatoms. The second-order valence-corrected chi connectivity index (χ2v) is 4.81. The van der Waals surface area contributed by atoms with Gasteiger partial charge in [0.25, 0.3) is 5.91 Å². The topological polar surface area (TPSA) is 109 Å². The van der Waals surface area contributed by atoms with Gasteiger partial charge in [0, 0.05) is 5.56 Å². The van der Waals surface area contributed by atoms with E-state index in [1.807, 2.05) is 6.07 Å². The summed E-state index contributed by atoms with van der Waals surface area (Å²) < 4.78 is 0. The number of carbonyl (C=O) groups is 1. The van der Waals surface area contributed by atoms with Crippen LogP contribution >= 0.6 is 11.3 Å². The van der Waals surface area contributed by atoms with Crippen molar-refractivity contribution in [2.45, 2.75) is 6.92 Å². The fraction of sp³-hybridized carbons (Fsp3) is 0.0833. The van der Waals surface area contributed by atoms with Gasteiger partial charge in [0.15, 0.2) is 5.13 Å². The van der Waals surface area contributed by atoms with Crippen molar-refractivity contribution in [3.05, 3.63) is 51.2 Å². The van der Waals surface area contributed by atoms with Crippen molar-refractivity contribution >= 4 is 27.4 Å². The maximum atomic E-state index is 12.1. The van der Waals surface area contributed by atoms with Crippen molar-refractivity contribution in [1.82, 2.24) is 4.98 Å². The van der Waals surface area contributed by atoms with E-state index in [-0.39, 0.29) is 10.1 Å². The summed E-state index contributed by atoms with van der Waals surface area (Å²) >= 11 is 0.773. The number of rotatable bonds is 3. The Morgan fingerprint density at radius 1 is 1.55 bits per heavy atom. The van der Waals surface area contributed by atoms with Gasteiger partial charge in [-0.3, -0.25) is 20.2 Å². The van der Waals surface area contributed by atoms with Crippen LogP contribution in [0, 0.1) is 28.4 Å². The minimum absolute atomic E-state index is 0.142. The number of hydrogen-bond donors (Lipinski definition) is 1. The van der Waals surface area contributed by atoms with Crippen LogP contribution in [0.2, 0.25) is 0 Å². The SMILES string of the molecule is Cc1c(C#N)cccc1C(=O)Nc1ncc([N+](=O)[O-])s1. The number of nitro groups is 1. The summed E-state index contributed by atoms with van der Waals surface area (Å²) in [5.74, 6) is -0.455. The van der Waals surface area contributed by atoms with E-state index in [2.05, 4.69) is 10.3 Å². The standard InChI is InChI=1S/C12H8N4O3S/c1-7-8(5-13)3-2-4-9(7)11(17)15-12-14-6-10(20-12)16(18)19/h2-4,6H,1H3,(H,14,15,17). The number of nitriles is 1. The lowest BCUT2D eigenvalue weighted by molar-refractivity contribution is -0.380. The molecule has 0 bridgehead atoms. The molecule has 0 aliphatic rings. The highest BCUT2D eigenvalue weighted by atomic mass is 32.1. The molecule has 20 heavy (non-hydrogen) atoms. The maximum Gasteiger partial charge on any atom is 0.345 e. The van der Waals surface area contributed by atoms with Crippen LogP contribution < -0.4 is 5.32 Å². The van der Waals surface area contributed by atoms with Crippen molar-refractivity contribution in [3.63, 3.8) is 0 Å².